The van der Waals surface area contributed by atoms with Crippen LogP contribution in [0, 0.1) is 0 Å². The third-order valence-corrected chi connectivity index (χ3v) is 2.00. The molecule has 3 nitrogen and oxygen atoms in total. The first-order valence-corrected chi connectivity index (χ1v) is 5.25. The molecule has 0 aliphatic rings. The van der Waals surface area contributed by atoms with E-state index in [0.29, 0.717) is 35.6 Å². The minimum absolute atomic E-state index is 0.0169. The van der Waals surface area contributed by atoms with Crippen molar-refractivity contribution in [3.63, 3.8) is 0 Å². The summed E-state index contributed by atoms with van der Waals surface area (Å²) < 4.78 is 10.4. The van der Waals surface area contributed by atoms with E-state index in [9.17, 15) is 0 Å². The fraction of sp³-hybridized carbons (Fsp3) is 0.400. The molecule has 0 spiro atoms. The Balaban J connectivity index is 2.31. The van der Waals surface area contributed by atoms with Crippen molar-refractivity contribution in [3.05, 3.63) is 28.2 Å². The lowest BCUT2D eigenvalue weighted by Gasteiger charge is -2.07. The molecule has 0 radical (unpaired) electrons. The molecule has 0 aliphatic carbocycles. The van der Waals surface area contributed by atoms with E-state index in [1.807, 2.05) is 0 Å². The van der Waals surface area contributed by atoms with E-state index in [0.717, 1.165) is 0 Å². The van der Waals surface area contributed by atoms with Crippen molar-refractivity contribution >= 4 is 23.2 Å². The molecule has 0 heterocycles. The highest BCUT2D eigenvalue weighted by atomic mass is 35.5. The first-order chi connectivity index (χ1) is 7.22. The van der Waals surface area contributed by atoms with Crippen LogP contribution in [0.15, 0.2) is 18.2 Å². The van der Waals surface area contributed by atoms with Crippen molar-refractivity contribution in [3.8, 4) is 5.75 Å². The standard InChI is InChI=1S/C10H12Cl2O3/c11-8-5-9(12)7-10(6-8)15-4-3-14-2-1-13/h5-7,13H,1-4H2. The van der Waals surface area contributed by atoms with Gasteiger partial charge in [-0.2, -0.15) is 0 Å². The molecule has 0 saturated heterocycles. The van der Waals surface area contributed by atoms with Crippen LogP contribution in [0.25, 0.3) is 0 Å². The lowest BCUT2D eigenvalue weighted by Crippen LogP contribution is -2.09. The number of hydrogen-bond acceptors (Lipinski definition) is 3. The second-order valence-corrected chi connectivity index (χ2v) is 3.66. The number of benzene rings is 1. The molecule has 0 bridgehead atoms. The van der Waals surface area contributed by atoms with E-state index >= 15 is 0 Å². The van der Waals surface area contributed by atoms with E-state index < -0.39 is 0 Å². The van der Waals surface area contributed by atoms with Gasteiger partial charge in [0, 0.05) is 10.0 Å². The average molecular weight is 251 g/mol. The van der Waals surface area contributed by atoms with Gasteiger partial charge >= 0.3 is 0 Å². The molecule has 0 aromatic heterocycles. The Morgan fingerprint density at radius 1 is 1.00 bits per heavy atom. The van der Waals surface area contributed by atoms with Crippen LogP contribution in [-0.2, 0) is 4.74 Å². The van der Waals surface area contributed by atoms with Gasteiger partial charge in [0.05, 0.1) is 19.8 Å². The summed E-state index contributed by atoms with van der Waals surface area (Å²) in [5, 5.41) is 9.53. The predicted molar refractivity (Wildman–Crippen MR) is 59.9 cm³/mol. The molecule has 0 atom stereocenters. The third-order valence-electron chi connectivity index (χ3n) is 1.57. The van der Waals surface area contributed by atoms with Crippen molar-refractivity contribution in [2.24, 2.45) is 0 Å². The van der Waals surface area contributed by atoms with Crippen LogP contribution in [0.4, 0.5) is 0 Å². The monoisotopic (exact) mass is 250 g/mol. The Kier molecular flexibility index (Phi) is 5.79. The first-order valence-electron chi connectivity index (χ1n) is 4.50. The maximum atomic E-state index is 8.45. The van der Waals surface area contributed by atoms with E-state index in [-0.39, 0.29) is 6.61 Å². The highest BCUT2D eigenvalue weighted by molar-refractivity contribution is 6.34. The van der Waals surface area contributed by atoms with Gasteiger partial charge in [-0.05, 0) is 18.2 Å². The highest BCUT2D eigenvalue weighted by Gasteiger charge is 1.98. The maximum Gasteiger partial charge on any atom is 0.122 e. The van der Waals surface area contributed by atoms with Gasteiger partial charge in [0.25, 0.3) is 0 Å². The molecule has 1 N–H and O–H groups in total. The molecule has 0 aliphatic heterocycles. The first kappa shape index (κ1) is 12.6. The number of hydrogen-bond donors (Lipinski definition) is 1. The van der Waals surface area contributed by atoms with E-state index in [1.54, 1.807) is 18.2 Å². The predicted octanol–water partition coefficient (Wildman–Crippen LogP) is 2.38. The van der Waals surface area contributed by atoms with Crippen molar-refractivity contribution in [1.29, 1.82) is 0 Å². The van der Waals surface area contributed by atoms with Crippen molar-refractivity contribution in [1.82, 2.24) is 0 Å². The van der Waals surface area contributed by atoms with E-state index in [4.69, 9.17) is 37.8 Å². The molecule has 84 valence electrons. The molecule has 0 saturated carbocycles. The summed E-state index contributed by atoms with van der Waals surface area (Å²) >= 11 is 11.6. The second-order valence-electron chi connectivity index (χ2n) is 2.79. The van der Waals surface area contributed by atoms with Gasteiger partial charge in [0.1, 0.15) is 12.4 Å². The van der Waals surface area contributed by atoms with Gasteiger partial charge in [-0.15, -0.1) is 0 Å². The van der Waals surface area contributed by atoms with Crippen LogP contribution in [0.1, 0.15) is 0 Å². The Bertz CT molecular complexity index is 284. The summed E-state index contributed by atoms with van der Waals surface area (Å²) in [5.41, 5.74) is 0. The highest BCUT2D eigenvalue weighted by Crippen LogP contribution is 2.23. The van der Waals surface area contributed by atoms with Gasteiger partial charge in [0.2, 0.25) is 0 Å². The lowest BCUT2D eigenvalue weighted by atomic mass is 10.3. The molecular formula is C10H12Cl2O3. The zero-order chi connectivity index (χ0) is 11.1. The molecule has 0 fully saturated rings. The smallest absolute Gasteiger partial charge is 0.122 e. The van der Waals surface area contributed by atoms with Crippen LogP contribution in [0.2, 0.25) is 10.0 Å². The van der Waals surface area contributed by atoms with Crippen LogP contribution < -0.4 is 4.74 Å². The Morgan fingerprint density at radius 3 is 2.27 bits per heavy atom. The summed E-state index contributed by atoms with van der Waals surface area (Å²) in [7, 11) is 0. The minimum atomic E-state index is 0.0169. The van der Waals surface area contributed by atoms with Gasteiger partial charge in [-0.25, -0.2) is 0 Å². The van der Waals surface area contributed by atoms with Crippen LogP contribution in [0.3, 0.4) is 0 Å². The van der Waals surface area contributed by atoms with Gasteiger partial charge < -0.3 is 14.6 Å². The van der Waals surface area contributed by atoms with Crippen molar-refractivity contribution < 1.29 is 14.6 Å². The van der Waals surface area contributed by atoms with Crippen molar-refractivity contribution in [2.75, 3.05) is 26.4 Å². The number of halogens is 2. The zero-order valence-electron chi connectivity index (χ0n) is 8.08. The molecule has 5 heteroatoms. The largest absolute Gasteiger partial charge is 0.491 e. The molecule has 1 aromatic carbocycles. The quantitative estimate of drug-likeness (QED) is 0.789. The summed E-state index contributed by atoms with van der Waals surface area (Å²) in [6.45, 7) is 1.16. The number of aliphatic hydroxyl groups excluding tert-OH is 1. The molecular weight excluding hydrogens is 239 g/mol. The van der Waals surface area contributed by atoms with E-state index in [1.165, 1.54) is 0 Å². The topological polar surface area (TPSA) is 38.7 Å². The van der Waals surface area contributed by atoms with Crippen LogP contribution >= 0.6 is 23.2 Å². The van der Waals surface area contributed by atoms with Gasteiger partial charge in [-0.1, -0.05) is 23.2 Å². The molecule has 0 amide bonds. The average Bonchev–Trinajstić information content (AvgIpc) is 2.16. The normalized spacial score (nSPS) is 10.3. The Labute approximate surface area is 98.5 Å². The van der Waals surface area contributed by atoms with Gasteiger partial charge in [0.15, 0.2) is 0 Å². The minimum Gasteiger partial charge on any atom is -0.491 e. The number of aliphatic hydroxyl groups is 1. The molecule has 1 rings (SSSR count). The fourth-order valence-electron chi connectivity index (χ4n) is 0.997. The molecule has 0 unspecified atom stereocenters. The van der Waals surface area contributed by atoms with Gasteiger partial charge in [-0.3, -0.25) is 0 Å². The summed E-state index contributed by atoms with van der Waals surface area (Å²) in [6.07, 6.45) is 0. The Morgan fingerprint density at radius 2 is 1.67 bits per heavy atom. The summed E-state index contributed by atoms with van der Waals surface area (Å²) in [5.74, 6) is 0.611. The number of rotatable bonds is 6. The molecule has 1 aromatic rings. The Hall–Kier alpha value is -0.480. The molecule has 15 heavy (non-hydrogen) atoms. The lowest BCUT2D eigenvalue weighted by molar-refractivity contribution is 0.0705. The van der Waals surface area contributed by atoms with E-state index in [2.05, 4.69) is 0 Å². The summed E-state index contributed by atoms with van der Waals surface area (Å²) in [4.78, 5) is 0. The number of ether oxygens (including phenoxy) is 2. The zero-order valence-corrected chi connectivity index (χ0v) is 9.59. The second kappa shape index (κ2) is 6.90. The van der Waals surface area contributed by atoms with Crippen LogP contribution in [0.5, 0.6) is 5.75 Å². The van der Waals surface area contributed by atoms with Crippen molar-refractivity contribution in [2.45, 2.75) is 0 Å². The van der Waals surface area contributed by atoms with Crippen LogP contribution in [-0.4, -0.2) is 31.5 Å². The summed E-state index contributed by atoms with van der Waals surface area (Å²) in [6, 6.07) is 5.00. The maximum absolute atomic E-state index is 8.45. The fourth-order valence-corrected chi connectivity index (χ4v) is 1.50. The SMILES string of the molecule is OCCOCCOc1cc(Cl)cc(Cl)c1. The third kappa shape index (κ3) is 5.23.